The second-order valence-electron chi connectivity index (χ2n) is 3.69. The molecular formula is C12H10N4O. The van der Waals surface area contributed by atoms with Crippen molar-refractivity contribution in [3.05, 3.63) is 48.3 Å². The normalized spacial score (nSPS) is 10.6. The van der Waals surface area contributed by atoms with Crippen molar-refractivity contribution in [2.75, 3.05) is 5.32 Å². The van der Waals surface area contributed by atoms with Crippen LogP contribution in [0.25, 0.3) is 10.9 Å². The number of amides is 1. The molecule has 0 aliphatic carbocycles. The molecule has 0 radical (unpaired) electrons. The average Bonchev–Trinajstić information content (AvgIpc) is 2.96. The van der Waals surface area contributed by atoms with Crippen LogP contribution in [0.15, 0.2) is 42.6 Å². The van der Waals surface area contributed by atoms with Crippen LogP contribution in [0.3, 0.4) is 0 Å². The number of nitrogens with one attached hydrogen (secondary N) is 3. The van der Waals surface area contributed by atoms with Gasteiger partial charge >= 0.3 is 0 Å². The Bertz CT molecular complexity index is 621. The van der Waals surface area contributed by atoms with Gasteiger partial charge in [-0.1, -0.05) is 18.2 Å². The average molecular weight is 226 g/mol. The molecule has 0 unspecified atom stereocenters. The van der Waals surface area contributed by atoms with Gasteiger partial charge in [-0.3, -0.25) is 9.89 Å². The van der Waals surface area contributed by atoms with E-state index >= 15 is 0 Å². The van der Waals surface area contributed by atoms with Gasteiger partial charge in [0.1, 0.15) is 11.5 Å². The molecule has 1 amide bonds. The van der Waals surface area contributed by atoms with Gasteiger partial charge in [0.25, 0.3) is 5.91 Å². The zero-order chi connectivity index (χ0) is 11.7. The fourth-order valence-electron chi connectivity index (χ4n) is 1.71. The Morgan fingerprint density at radius 2 is 2.12 bits per heavy atom. The van der Waals surface area contributed by atoms with E-state index < -0.39 is 0 Å². The largest absolute Gasteiger partial charge is 0.351 e. The number of nitrogens with zero attached hydrogens (tertiary/aromatic N) is 1. The summed E-state index contributed by atoms with van der Waals surface area (Å²) >= 11 is 0. The number of carbonyl (C=O) groups excluding carboxylic acids is 1. The summed E-state index contributed by atoms with van der Waals surface area (Å²) in [5.41, 5.74) is 1.48. The third-order valence-electron chi connectivity index (χ3n) is 2.52. The summed E-state index contributed by atoms with van der Waals surface area (Å²) in [7, 11) is 0. The first-order chi connectivity index (χ1) is 8.33. The van der Waals surface area contributed by atoms with E-state index in [1.54, 1.807) is 12.3 Å². The van der Waals surface area contributed by atoms with Crippen LogP contribution in [0, 0.1) is 0 Å². The van der Waals surface area contributed by atoms with Crippen LogP contribution in [-0.2, 0) is 0 Å². The smallest absolute Gasteiger partial charge is 0.273 e. The highest BCUT2D eigenvalue weighted by atomic mass is 16.1. The predicted octanol–water partition coefficient (Wildman–Crippen LogP) is 2.14. The molecule has 84 valence electrons. The second kappa shape index (κ2) is 3.79. The van der Waals surface area contributed by atoms with Crippen LogP contribution in [-0.4, -0.2) is 21.1 Å². The van der Waals surface area contributed by atoms with Gasteiger partial charge in [0.2, 0.25) is 0 Å². The standard InChI is InChI=1S/C12H10N4O/c17-12(15-11-5-6-13-16-11)10-7-8-3-1-2-4-9(8)14-10/h1-7,14H,(H2,13,15,16,17). The second-order valence-corrected chi connectivity index (χ2v) is 3.69. The quantitative estimate of drug-likeness (QED) is 0.626. The van der Waals surface area contributed by atoms with E-state index in [9.17, 15) is 4.79 Å². The van der Waals surface area contributed by atoms with Crippen molar-refractivity contribution in [2.45, 2.75) is 0 Å². The molecule has 5 heteroatoms. The molecule has 0 aliphatic heterocycles. The van der Waals surface area contributed by atoms with Gasteiger partial charge < -0.3 is 10.3 Å². The highest BCUT2D eigenvalue weighted by Gasteiger charge is 2.09. The molecular weight excluding hydrogens is 216 g/mol. The van der Waals surface area contributed by atoms with Crippen molar-refractivity contribution in [1.29, 1.82) is 0 Å². The monoisotopic (exact) mass is 226 g/mol. The number of rotatable bonds is 2. The topological polar surface area (TPSA) is 73.6 Å². The van der Waals surface area contributed by atoms with Crippen molar-refractivity contribution < 1.29 is 4.79 Å². The fraction of sp³-hybridized carbons (Fsp3) is 0. The number of aromatic amines is 2. The van der Waals surface area contributed by atoms with E-state index in [-0.39, 0.29) is 5.91 Å². The lowest BCUT2D eigenvalue weighted by Gasteiger charge is -1.98. The number of benzene rings is 1. The number of para-hydroxylation sites is 1. The Morgan fingerprint density at radius 1 is 1.24 bits per heavy atom. The number of H-pyrrole nitrogens is 2. The number of fused-ring (bicyclic) bond motifs is 1. The summed E-state index contributed by atoms with van der Waals surface area (Å²) in [4.78, 5) is 15.0. The summed E-state index contributed by atoms with van der Waals surface area (Å²) < 4.78 is 0. The molecule has 0 atom stereocenters. The lowest BCUT2D eigenvalue weighted by Crippen LogP contribution is -2.12. The maximum Gasteiger partial charge on any atom is 0.273 e. The molecule has 3 aromatic rings. The summed E-state index contributed by atoms with van der Waals surface area (Å²) in [6.45, 7) is 0. The van der Waals surface area contributed by atoms with Gasteiger partial charge in [-0.05, 0) is 12.1 Å². The zero-order valence-corrected chi connectivity index (χ0v) is 8.90. The fourth-order valence-corrected chi connectivity index (χ4v) is 1.71. The number of hydrogen-bond acceptors (Lipinski definition) is 2. The van der Waals surface area contributed by atoms with E-state index in [0.29, 0.717) is 11.5 Å². The van der Waals surface area contributed by atoms with Crippen LogP contribution >= 0.6 is 0 Å². The third-order valence-corrected chi connectivity index (χ3v) is 2.52. The lowest BCUT2D eigenvalue weighted by molar-refractivity contribution is 0.102. The Labute approximate surface area is 96.9 Å². The number of anilines is 1. The van der Waals surface area contributed by atoms with Crippen molar-refractivity contribution in [3.8, 4) is 0 Å². The van der Waals surface area contributed by atoms with Crippen molar-refractivity contribution >= 4 is 22.6 Å². The minimum Gasteiger partial charge on any atom is -0.351 e. The molecule has 0 fully saturated rings. The van der Waals surface area contributed by atoms with E-state index in [1.165, 1.54) is 0 Å². The van der Waals surface area contributed by atoms with Crippen LogP contribution < -0.4 is 5.32 Å². The first-order valence-electron chi connectivity index (χ1n) is 5.21. The SMILES string of the molecule is O=C(Nc1ccn[nH]1)c1cc2ccccc2[nH]1. The van der Waals surface area contributed by atoms with Crippen molar-refractivity contribution in [1.82, 2.24) is 15.2 Å². The Balaban J connectivity index is 1.90. The van der Waals surface area contributed by atoms with Gasteiger partial charge in [-0.25, -0.2) is 0 Å². The van der Waals surface area contributed by atoms with E-state index in [4.69, 9.17) is 0 Å². The first-order valence-corrected chi connectivity index (χ1v) is 5.21. The van der Waals surface area contributed by atoms with Gasteiger partial charge in [-0.2, -0.15) is 5.10 Å². The number of aromatic nitrogens is 3. The first kappa shape index (κ1) is 9.65. The summed E-state index contributed by atoms with van der Waals surface area (Å²) in [5.74, 6) is 0.388. The van der Waals surface area contributed by atoms with Gasteiger partial charge in [0.15, 0.2) is 0 Å². The molecule has 5 nitrogen and oxygen atoms in total. The van der Waals surface area contributed by atoms with Gasteiger partial charge in [-0.15, -0.1) is 0 Å². The summed E-state index contributed by atoms with van der Waals surface area (Å²) in [6.07, 6.45) is 1.58. The van der Waals surface area contributed by atoms with Gasteiger partial charge in [0, 0.05) is 17.0 Å². The van der Waals surface area contributed by atoms with Crippen molar-refractivity contribution in [3.63, 3.8) is 0 Å². The molecule has 3 N–H and O–H groups in total. The van der Waals surface area contributed by atoms with E-state index in [2.05, 4.69) is 20.5 Å². The summed E-state index contributed by atoms with van der Waals surface area (Å²) in [5, 5.41) is 10.2. The third kappa shape index (κ3) is 1.78. The van der Waals surface area contributed by atoms with E-state index in [1.807, 2.05) is 30.3 Å². The highest BCUT2D eigenvalue weighted by Crippen LogP contribution is 2.15. The minimum atomic E-state index is -0.189. The Morgan fingerprint density at radius 3 is 2.88 bits per heavy atom. The van der Waals surface area contributed by atoms with Gasteiger partial charge in [0.05, 0.1) is 6.20 Å². The Kier molecular flexibility index (Phi) is 2.15. The predicted molar refractivity (Wildman–Crippen MR) is 64.8 cm³/mol. The molecule has 3 rings (SSSR count). The minimum absolute atomic E-state index is 0.189. The molecule has 2 heterocycles. The molecule has 0 spiro atoms. The molecule has 0 saturated carbocycles. The van der Waals surface area contributed by atoms with Crippen LogP contribution in [0.2, 0.25) is 0 Å². The molecule has 2 aromatic heterocycles. The molecule has 17 heavy (non-hydrogen) atoms. The molecule has 1 aromatic carbocycles. The van der Waals surface area contributed by atoms with Crippen LogP contribution in [0.4, 0.5) is 5.82 Å². The van der Waals surface area contributed by atoms with Crippen LogP contribution in [0.5, 0.6) is 0 Å². The molecule has 0 saturated heterocycles. The lowest BCUT2D eigenvalue weighted by atomic mass is 10.2. The summed E-state index contributed by atoms with van der Waals surface area (Å²) in [6, 6.07) is 11.3. The number of hydrogen-bond donors (Lipinski definition) is 3. The van der Waals surface area contributed by atoms with Crippen molar-refractivity contribution in [2.24, 2.45) is 0 Å². The molecule has 0 bridgehead atoms. The maximum absolute atomic E-state index is 11.9. The van der Waals surface area contributed by atoms with Crippen LogP contribution in [0.1, 0.15) is 10.5 Å². The number of carbonyl (C=O) groups is 1. The molecule has 0 aliphatic rings. The van der Waals surface area contributed by atoms with E-state index in [0.717, 1.165) is 10.9 Å². The Hall–Kier alpha value is -2.56. The maximum atomic E-state index is 11.9. The zero-order valence-electron chi connectivity index (χ0n) is 8.90. The highest BCUT2D eigenvalue weighted by molar-refractivity contribution is 6.05.